The fourth-order valence-electron chi connectivity index (χ4n) is 3.73. The van der Waals surface area contributed by atoms with E-state index in [0.29, 0.717) is 6.04 Å². The topological polar surface area (TPSA) is 38.5 Å². The molecule has 0 aromatic rings. The molecule has 1 saturated carbocycles. The van der Waals surface area contributed by atoms with Crippen LogP contribution in [0.3, 0.4) is 0 Å². The number of ether oxygens (including phenoxy) is 1. The van der Waals surface area contributed by atoms with Crippen molar-refractivity contribution < 1.29 is 4.74 Å². The molecule has 2 N–H and O–H groups in total. The highest BCUT2D eigenvalue weighted by Crippen LogP contribution is 2.39. The van der Waals surface area contributed by atoms with Crippen molar-refractivity contribution in [3.8, 4) is 0 Å². The molecule has 4 heteroatoms. The van der Waals surface area contributed by atoms with Gasteiger partial charge < -0.3 is 15.4 Å². The lowest BCUT2D eigenvalue weighted by molar-refractivity contribution is -0.0888. The molecule has 2 saturated heterocycles. The summed E-state index contributed by atoms with van der Waals surface area (Å²) in [6.45, 7) is 2.20. The average Bonchev–Trinajstić information content (AvgIpc) is 2.75. The first kappa shape index (κ1) is 13.2. The molecule has 0 amide bonds. The number of hydrogen-bond donors (Lipinski definition) is 1. The molecule has 3 nitrogen and oxygen atoms in total. The Morgan fingerprint density at radius 2 is 2.28 bits per heavy atom. The fourth-order valence-corrected chi connectivity index (χ4v) is 5.11. The molecule has 0 bridgehead atoms. The molecule has 0 aromatic carbocycles. The molecule has 2 unspecified atom stereocenters. The SMILES string of the molecule is CN(CC1CC(N)C1)C1CCOC2(CCSC2)C1. The van der Waals surface area contributed by atoms with Crippen LogP contribution in [-0.2, 0) is 4.74 Å². The zero-order valence-corrected chi connectivity index (χ0v) is 12.3. The largest absolute Gasteiger partial charge is 0.374 e. The molecule has 1 spiro atoms. The lowest BCUT2D eigenvalue weighted by atomic mass is 9.80. The number of nitrogens with zero attached hydrogens (tertiary/aromatic N) is 1. The normalized spacial score (nSPS) is 44.5. The van der Waals surface area contributed by atoms with Crippen LogP contribution < -0.4 is 5.73 Å². The van der Waals surface area contributed by atoms with Crippen molar-refractivity contribution in [1.82, 2.24) is 4.90 Å². The second-order valence-electron chi connectivity index (χ2n) is 6.52. The summed E-state index contributed by atoms with van der Waals surface area (Å²) in [6, 6.07) is 1.21. The van der Waals surface area contributed by atoms with Crippen LogP contribution in [-0.4, -0.2) is 54.3 Å². The second-order valence-corrected chi connectivity index (χ2v) is 7.62. The van der Waals surface area contributed by atoms with E-state index in [1.807, 2.05) is 0 Å². The minimum Gasteiger partial charge on any atom is -0.374 e. The Morgan fingerprint density at radius 3 is 2.94 bits per heavy atom. The van der Waals surface area contributed by atoms with E-state index in [0.717, 1.165) is 18.6 Å². The predicted molar refractivity (Wildman–Crippen MR) is 77.0 cm³/mol. The van der Waals surface area contributed by atoms with Crippen molar-refractivity contribution in [1.29, 1.82) is 0 Å². The molecule has 2 atom stereocenters. The molecular formula is C14H26N2OS. The van der Waals surface area contributed by atoms with Crippen LogP contribution >= 0.6 is 11.8 Å². The van der Waals surface area contributed by atoms with Crippen molar-refractivity contribution in [2.75, 3.05) is 31.7 Å². The quantitative estimate of drug-likeness (QED) is 0.847. The minimum atomic E-state index is 0.220. The average molecular weight is 270 g/mol. The third-order valence-electron chi connectivity index (χ3n) is 4.98. The lowest BCUT2D eigenvalue weighted by Gasteiger charge is -2.44. The summed E-state index contributed by atoms with van der Waals surface area (Å²) in [5, 5.41) is 0. The first-order chi connectivity index (χ1) is 8.67. The maximum absolute atomic E-state index is 6.10. The fraction of sp³-hybridized carbons (Fsp3) is 1.00. The summed E-state index contributed by atoms with van der Waals surface area (Å²) in [5.41, 5.74) is 6.10. The van der Waals surface area contributed by atoms with Gasteiger partial charge in [-0.2, -0.15) is 11.8 Å². The molecule has 1 aliphatic carbocycles. The molecule has 0 radical (unpaired) electrons. The third-order valence-corrected chi connectivity index (χ3v) is 6.20. The molecular weight excluding hydrogens is 244 g/mol. The van der Waals surface area contributed by atoms with Gasteiger partial charge in [0.15, 0.2) is 0 Å². The number of hydrogen-bond acceptors (Lipinski definition) is 4. The van der Waals surface area contributed by atoms with Gasteiger partial charge in [0.1, 0.15) is 0 Å². The summed E-state index contributed by atoms with van der Waals surface area (Å²) < 4.78 is 6.10. The van der Waals surface area contributed by atoms with Crippen LogP contribution in [0.4, 0.5) is 0 Å². The summed E-state index contributed by atoms with van der Waals surface area (Å²) >= 11 is 2.06. The summed E-state index contributed by atoms with van der Waals surface area (Å²) in [7, 11) is 2.30. The zero-order chi connectivity index (χ0) is 12.6. The van der Waals surface area contributed by atoms with E-state index in [1.165, 1.54) is 50.2 Å². The van der Waals surface area contributed by atoms with E-state index in [4.69, 9.17) is 10.5 Å². The van der Waals surface area contributed by atoms with Crippen LogP contribution in [0.25, 0.3) is 0 Å². The summed E-state index contributed by atoms with van der Waals surface area (Å²) in [5.74, 6) is 3.35. The van der Waals surface area contributed by atoms with Gasteiger partial charge in [0.25, 0.3) is 0 Å². The second kappa shape index (κ2) is 5.31. The van der Waals surface area contributed by atoms with Crippen LogP contribution in [0.15, 0.2) is 0 Å². The Labute approximate surface area is 115 Å². The van der Waals surface area contributed by atoms with Gasteiger partial charge >= 0.3 is 0 Å². The smallest absolute Gasteiger partial charge is 0.0795 e. The van der Waals surface area contributed by atoms with Crippen molar-refractivity contribution in [3.05, 3.63) is 0 Å². The van der Waals surface area contributed by atoms with E-state index in [1.54, 1.807) is 0 Å². The Balaban J connectivity index is 1.51. The van der Waals surface area contributed by atoms with Gasteiger partial charge in [-0.25, -0.2) is 0 Å². The van der Waals surface area contributed by atoms with E-state index >= 15 is 0 Å². The van der Waals surface area contributed by atoms with Crippen LogP contribution in [0, 0.1) is 5.92 Å². The summed E-state index contributed by atoms with van der Waals surface area (Å²) in [6.07, 6.45) is 6.18. The highest BCUT2D eigenvalue weighted by atomic mass is 32.2. The van der Waals surface area contributed by atoms with E-state index in [-0.39, 0.29) is 5.60 Å². The van der Waals surface area contributed by atoms with Gasteiger partial charge in [-0.15, -0.1) is 0 Å². The number of rotatable bonds is 3. The van der Waals surface area contributed by atoms with Crippen molar-refractivity contribution in [2.45, 2.75) is 49.8 Å². The number of thioether (sulfide) groups is 1. The maximum Gasteiger partial charge on any atom is 0.0795 e. The molecule has 104 valence electrons. The third kappa shape index (κ3) is 2.72. The van der Waals surface area contributed by atoms with E-state index < -0.39 is 0 Å². The van der Waals surface area contributed by atoms with Crippen molar-refractivity contribution in [3.63, 3.8) is 0 Å². The molecule has 2 aliphatic heterocycles. The minimum absolute atomic E-state index is 0.220. The lowest BCUT2D eigenvalue weighted by Crippen LogP contribution is -2.50. The Kier molecular flexibility index (Phi) is 3.90. The van der Waals surface area contributed by atoms with Crippen LogP contribution in [0.5, 0.6) is 0 Å². The van der Waals surface area contributed by atoms with Gasteiger partial charge in [-0.1, -0.05) is 0 Å². The first-order valence-corrected chi connectivity index (χ1v) is 8.50. The van der Waals surface area contributed by atoms with Gasteiger partial charge in [0.2, 0.25) is 0 Å². The van der Waals surface area contributed by atoms with Crippen LogP contribution in [0.2, 0.25) is 0 Å². The highest BCUT2D eigenvalue weighted by Gasteiger charge is 2.42. The summed E-state index contributed by atoms with van der Waals surface area (Å²) in [4.78, 5) is 2.59. The van der Waals surface area contributed by atoms with Gasteiger partial charge in [-0.3, -0.25) is 0 Å². The standard InChI is InChI=1S/C14H26N2OS/c1-16(9-11-6-12(15)7-11)13-2-4-17-14(8-13)3-5-18-10-14/h11-13H,2-10,15H2,1H3. The monoisotopic (exact) mass is 270 g/mol. The Hall–Kier alpha value is 0.230. The van der Waals surface area contributed by atoms with Gasteiger partial charge in [0, 0.05) is 31.0 Å². The van der Waals surface area contributed by atoms with E-state index in [9.17, 15) is 0 Å². The van der Waals surface area contributed by atoms with Crippen molar-refractivity contribution in [2.24, 2.45) is 11.7 Å². The molecule has 18 heavy (non-hydrogen) atoms. The molecule has 0 aromatic heterocycles. The van der Waals surface area contributed by atoms with Gasteiger partial charge in [0.05, 0.1) is 5.60 Å². The van der Waals surface area contributed by atoms with Crippen LogP contribution in [0.1, 0.15) is 32.1 Å². The zero-order valence-electron chi connectivity index (χ0n) is 11.4. The molecule has 3 rings (SSSR count). The number of nitrogens with two attached hydrogens (primary N) is 1. The maximum atomic E-state index is 6.10. The molecule has 3 aliphatic rings. The first-order valence-electron chi connectivity index (χ1n) is 7.34. The van der Waals surface area contributed by atoms with Gasteiger partial charge in [-0.05, 0) is 50.8 Å². The molecule has 3 fully saturated rings. The van der Waals surface area contributed by atoms with Crippen molar-refractivity contribution >= 4 is 11.8 Å². The Morgan fingerprint density at radius 1 is 1.44 bits per heavy atom. The highest BCUT2D eigenvalue weighted by molar-refractivity contribution is 7.99. The predicted octanol–water partition coefficient (Wildman–Crippen LogP) is 1.71. The molecule has 2 heterocycles. The Bertz CT molecular complexity index is 288. The van der Waals surface area contributed by atoms with E-state index in [2.05, 4.69) is 23.7 Å².